The Kier molecular flexibility index (Phi) is 4.96. The van der Waals surface area contributed by atoms with Crippen LogP contribution in [0.15, 0.2) is 84.9 Å². The van der Waals surface area contributed by atoms with Crippen molar-refractivity contribution in [3.63, 3.8) is 0 Å². The van der Waals surface area contributed by atoms with Gasteiger partial charge in [0.1, 0.15) is 4.84 Å². The molecule has 0 radical (unpaired) electrons. The molecule has 0 aliphatic rings. The zero-order chi connectivity index (χ0) is 16.3. The van der Waals surface area contributed by atoms with Gasteiger partial charge in [0.25, 0.3) is 0 Å². The minimum atomic E-state index is -0.732. The number of halogens is 3. The molecule has 0 aliphatic carbocycles. The van der Waals surface area contributed by atoms with E-state index < -0.39 is 10.3 Å². The van der Waals surface area contributed by atoms with E-state index >= 15 is 0 Å². The van der Waals surface area contributed by atoms with Crippen molar-refractivity contribution in [1.82, 2.24) is 0 Å². The zero-order valence-electron chi connectivity index (χ0n) is 12.3. The molecule has 0 atom stereocenters. The van der Waals surface area contributed by atoms with Crippen LogP contribution in [0.5, 0.6) is 0 Å². The molecule has 0 saturated heterocycles. The molecule has 3 rings (SSSR count). The highest BCUT2D eigenvalue weighted by atomic mass is 35.5. The van der Waals surface area contributed by atoms with Gasteiger partial charge >= 0.3 is 0 Å². The number of hydrogen-bond acceptors (Lipinski definition) is 0. The summed E-state index contributed by atoms with van der Waals surface area (Å²) in [5.74, 6) is 0. The van der Waals surface area contributed by atoms with Crippen LogP contribution in [0, 0.1) is 0 Å². The van der Waals surface area contributed by atoms with Gasteiger partial charge in [0.05, 0.1) is 5.41 Å². The molecule has 3 aromatic carbocycles. The van der Waals surface area contributed by atoms with E-state index in [2.05, 4.69) is 0 Å². The van der Waals surface area contributed by atoms with Gasteiger partial charge in [-0.2, -0.15) is 0 Å². The molecule has 0 saturated carbocycles. The molecule has 0 nitrogen and oxygen atoms in total. The molecule has 0 heterocycles. The van der Waals surface area contributed by atoms with Crippen LogP contribution in [0.4, 0.5) is 0 Å². The van der Waals surface area contributed by atoms with Gasteiger partial charge in [0.15, 0.2) is 0 Å². The molecule has 3 aromatic rings. The van der Waals surface area contributed by atoms with E-state index in [-0.39, 0.29) is 0 Å². The number of hydrogen-bond donors (Lipinski definition) is 0. The molecule has 0 unspecified atom stereocenters. The van der Waals surface area contributed by atoms with E-state index in [0.29, 0.717) is 5.02 Å². The SMILES string of the molecule is Clc1ccccc1C(c1ccccc1)(c1ccccc1)C(Cl)Cl. The Morgan fingerprint density at radius 3 is 1.48 bits per heavy atom. The zero-order valence-corrected chi connectivity index (χ0v) is 14.6. The summed E-state index contributed by atoms with van der Waals surface area (Å²) in [4.78, 5) is -0.702. The molecule has 116 valence electrons. The Labute approximate surface area is 151 Å². The second-order valence-corrected chi connectivity index (χ2v) is 6.82. The summed E-state index contributed by atoms with van der Waals surface area (Å²) in [7, 11) is 0. The number of alkyl halides is 2. The standard InChI is InChI=1S/C20H15Cl3/c21-18-14-8-7-13-17(18)20(19(22)23,15-9-3-1-4-10-15)16-11-5-2-6-12-16/h1-14,19H. The molecule has 23 heavy (non-hydrogen) atoms. The van der Waals surface area contributed by atoms with Crippen LogP contribution < -0.4 is 0 Å². The van der Waals surface area contributed by atoms with Gasteiger partial charge in [-0.3, -0.25) is 0 Å². The van der Waals surface area contributed by atoms with E-state index in [1.807, 2.05) is 84.9 Å². The minimum Gasteiger partial charge on any atom is -0.104 e. The highest BCUT2D eigenvalue weighted by molar-refractivity contribution is 6.46. The third-order valence-corrected chi connectivity index (χ3v) is 5.07. The third-order valence-electron chi connectivity index (χ3n) is 4.08. The second kappa shape index (κ2) is 6.97. The van der Waals surface area contributed by atoms with E-state index in [9.17, 15) is 0 Å². The van der Waals surface area contributed by atoms with E-state index in [0.717, 1.165) is 16.7 Å². The van der Waals surface area contributed by atoms with Crippen molar-refractivity contribution >= 4 is 34.8 Å². The molecular weight excluding hydrogens is 347 g/mol. The van der Waals surface area contributed by atoms with Gasteiger partial charge in [-0.25, -0.2) is 0 Å². The molecule has 0 N–H and O–H groups in total. The average Bonchev–Trinajstić information content (AvgIpc) is 2.59. The predicted molar refractivity (Wildman–Crippen MR) is 99.7 cm³/mol. The fourth-order valence-corrected chi connectivity index (χ4v) is 4.05. The molecule has 3 heteroatoms. The molecule has 0 amide bonds. The van der Waals surface area contributed by atoms with Crippen LogP contribution in [0.2, 0.25) is 5.02 Å². The lowest BCUT2D eigenvalue weighted by atomic mass is 9.70. The van der Waals surface area contributed by atoms with Gasteiger partial charge in [-0.1, -0.05) is 90.5 Å². The Balaban J connectivity index is 2.39. The van der Waals surface area contributed by atoms with Gasteiger partial charge < -0.3 is 0 Å². The van der Waals surface area contributed by atoms with Crippen molar-refractivity contribution in [3.8, 4) is 0 Å². The maximum absolute atomic E-state index is 6.58. The van der Waals surface area contributed by atoms with Crippen LogP contribution in [-0.4, -0.2) is 4.84 Å². The minimum absolute atomic E-state index is 0.645. The van der Waals surface area contributed by atoms with Gasteiger partial charge in [-0.15, -0.1) is 23.2 Å². The Morgan fingerprint density at radius 1 is 0.609 bits per heavy atom. The highest BCUT2D eigenvalue weighted by Gasteiger charge is 2.43. The van der Waals surface area contributed by atoms with Gasteiger partial charge in [0.2, 0.25) is 0 Å². The molecule has 0 bridgehead atoms. The summed E-state index contributed by atoms with van der Waals surface area (Å²) in [5, 5.41) is 0.645. The predicted octanol–water partition coefficient (Wildman–Crippen LogP) is 6.48. The van der Waals surface area contributed by atoms with Crippen molar-refractivity contribution in [3.05, 3.63) is 107 Å². The van der Waals surface area contributed by atoms with Gasteiger partial charge in [0, 0.05) is 5.02 Å². The fraction of sp³-hybridized carbons (Fsp3) is 0.100. The van der Waals surface area contributed by atoms with Crippen molar-refractivity contribution < 1.29 is 0 Å². The van der Waals surface area contributed by atoms with Crippen LogP contribution in [0.3, 0.4) is 0 Å². The first kappa shape index (κ1) is 16.4. The molecular formula is C20H15Cl3. The quantitative estimate of drug-likeness (QED) is 0.368. The maximum Gasteiger partial charge on any atom is 0.125 e. The Hall–Kier alpha value is -1.47. The highest BCUT2D eigenvalue weighted by Crippen LogP contribution is 2.48. The summed E-state index contributed by atoms with van der Waals surface area (Å²) >= 11 is 19.7. The maximum atomic E-state index is 6.58. The lowest BCUT2D eigenvalue weighted by Gasteiger charge is -2.37. The average molecular weight is 362 g/mol. The first-order valence-electron chi connectivity index (χ1n) is 7.31. The van der Waals surface area contributed by atoms with E-state index in [1.165, 1.54) is 0 Å². The number of benzene rings is 3. The summed E-state index contributed by atoms with van der Waals surface area (Å²) in [6, 6.07) is 27.8. The van der Waals surface area contributed by atoms with E-state index in [4.69, 9.17) is 34.8 Å². The van der Waals surface area contributed by atoms with Crippen molar-refractivity contribution in [2.75, 3.05) is 0 Å². The largest absolute Gasteiger partial charge is 0.125 e. The van der Waals surface area contributed by atoms with Crippen molar-refractivity contribution in [1.29, 1.82) is 0 Å². The molecule has 0 aromatic heterocycles. The fourth-order valence-electron chi connectivity index (χ4n) is 3.03. The van der Waals surface area contributed by atoms with Crippen LogP contribution >= 0.6 is 34.8 Å². The normalized spacial score (nSPS) is 11.7. The smallest absolute Gasteiger partial charge is 0.104 e. The Morgan fingerprint density at radius 2 is 1.04 bits per heavy atom. The summed E-state index contributed by atoms with van der Waals surface area (Å²) in [6.45, 7) is 0. The van der Waals surface area contributed by atoms with Crippen molar-refractivity contribution in [2.45, 2.75) is 10.3 Å². The first-order chi connectivity index (χ1) is 11.2. The summed E-state index contributed by atoms with van der Waals surface area (Å²) < 4.78 is 0. The number of rotatable bonds is 4. The van der Waals surface area contributed by atoms with Crippen molar-refractivity contribution in [2.24, 2.45) is 0 Å². The monoisotopic (exact) mass is 360 g/mol. The molecule has 0 fully saturated rings. The van der Waals surface area contributed by atoms with Crippen LogP contribution in [0.1, 0.15) is 16.7 Å². The lowest BCUT2D eigenvalue weighted by molar-refractivity contribution is 0.668. The topological polar surface area (TPSA) is 0 Å². The Bertz CT molecular complexity index is 728. The first-order valence-corrected chi connectivity index (χ1v) is 8.56. The third kappa shape index (κ3) is 2.87. The second-order valence-electron chi connectivity index (χ2n) is 5.32. The van der Waals surface area contributed by atoms with E-state index in [1.54, 1.807) is 0 Å². The summed E-state index contributed by atoms with van der Waals surface area (Å²) in [6.07, 6.45) is 0. The summed E-state index contributed by atoms with van der Waals surface area (Å²) in [5.41, 5.74) is 2.18. The molecule has 0 aliphatic heterocycles. The van der Waals surface area contributed by atoms with Crippen LogP contribution in [0.25, 0.3) is 0 Å². The van der Waals surface area contributed by atoms with Gasteiger partial charge in [-0.05, 0) is 22.8 Å². The van der Waals surface area contributed by atoms with Crippen LogP contribution in [-0.2, 0) is 5.41 Å². The molecule has 0 spiro atoms. The lowest BCUT2D eigenvalue weighted by Crippen LogP contribution is -2.36.